The summed E-state index contributed by atoms with van der Waals surface area (Å²) in [4.78, 5) is 0. The Morgan fingerprint density at radius 2 is 2.32 bits per heavy atom. The minimum atomic E-state index is 0.415. The maximum atomic E-state index is 5.73. The lowest BCUT2D eigenvalue weighted by molar-refractivity contribution is 0.0995. The van der Waals surface area contributed by atoms with Crippen molar-refractivity contribution in [3.8, 4) is 0 Å². The fourth-order valence-electron chi connectivity index (χ4n) is 2.86. The second-order valence-electron chi connectivity index (χ2n) is 5.37. The molecule has 2 rings (SSSR count). The Morgan fingerprint density at radius 3 is 3.00 bits per heavy atom. The van der Waals surface area contributed by atoms with Crippen molar-refractivity contribution in [1.29, 1.82) is 0 Å². The van der Waals surface area contributed by atoms with Crippen molar-refractivity contribution in [2.75, 3.05) is 13.2 Å². The molecule has 0 aliphatic carbocycles. The van der Waals surface area contributed by atoms with Gasteiger partial charge in [-0.25, -0.2) is 0 Å². The molecular formula is C16H27NO2. The van der Waals surface area contributed by atoms with E-state index in [9.17, 15) is 0 Å². The van der Waals surface area contributed by atoms with Crippen LogP contribution in [0.4, 0.5) is 0 Å². The quantitative estimate of drug-likeness (QED) is 0.775. The highest BCUT2D eigenvalue weighted by Crippen LogP contribution is 2.27. The van der Waals surface area contributed by atoms with Crippen LogP contribution in [0.2, 0.25) is 0 Å². The van der Waals surface area contributed by atoms with Crippen LogP contribution in [0.15, 0.2) is 16.7 Å². The fraction of sp³-hybridized carbons (Fsp3) is 0.750. The van der Waals surface area contributed by atoms with Crippen molar-refractivity contribution in [3.05, 3.63) is 23.7 Å². The Bertz CT molecular complexity index is 355. The van der Waals surface area contributed by atoms with Gasteiger partial charge in [0, 0.05) is 24.6 Å². The number of hydrogen-bond acceptors (Lipinski definition) is 3. The van der Waals surface area contributed by atoms with Crippen molar-refractivity contribution in [2.45, 2.75) is 64.5 Å². The molecule has 0 bridgehead atoms. The van der Waals surface area contributed by atoms with Crippen molar-refractivity contribution in [2.24, 2.45) is 0 Å². The summed E-state index contributed by atoms with van der Waals surface area (Å²) < 4.78 is 11.3. The van der Waals surface area contributed by atoms with Gasteiger partial charge in [-0.05, 0) is 44.7 Å². The minimum absolute atomic E-state index is 0.415. The van der Waals surface area contributed by atoms with Crippen molar-refractivity contribution >= 4 is 0 Å². The predicted octanol–water partition coefficient (Wildman–Crippen LogP) is 3.84. The van der Waals surface area contributed by atoms with Crippen LogP contribution in [0.5, 0.6) is 0 Å². The Kier molecular flexibility index (Phi) is 5.93. The van der Waals surface area contributed by atoms with Gasteiger partial charge in [-0.15, -0.1) is 0 Å². The normalized spacial score (nSPS) is 20.8. The molecule has 108 valence electrons. The average molecular weight is 265 g/mol. The number of aryl methyl sites for hydroxylation is 1. The smallest absolute Gasteiger partial charge is 0.108 e. The van der Waals surface area contributed by atoms with Crippen LogP contribution in [0.1, 0.15) is 63.3 Å². The Hall–Kier alpha value is -0.800. The van der Waals surface area contributed by atoms with E-state index >= 15 is 0 Å². The second-order valence-corrected chi connectivity index (χ2v) is 5.37. The van der Waals surface area contributed by atoms with Gasteiger partial charge in [-0.1, -0.05) is 13.8 Å². The first kappa shape index (κ1) is 14.6. The summed E-state index contributed by atoms with van der Waals surface area (Å²) in [6.45, 7) is 6.37. The maximum Gasteiger partial charge on any atom is 0.108 e. The van der Waals surface area contributed by atoms with Crippen LogP contribution in [0, 0.1) is 0 Å². The summed E-state index contributed by atoms with van der Waals surface area (Å²) >= 11 is 0. The molecule has 3 heteroatoms. The van der Waals surface area contributed by atoms with Crippen LogP contribution in [0.3, 0.4) is 0 Å². The highest BCUT2D eigenvalue weighted by Gasteiger charge is 2.21. The average Bonchev–Trinajstić information content (AvgIpc) is 3.09. The number of nitrogens with one attached hydrogen (secondary N) is 1. The minimum Gasteiger partial charge on any atom is -0.469 e. The number of hydrogen-bond donors (Lipinski definition) is 1. The molecule has 1 saturated heterocycles. The first-order chi connectivity index (χ1) is 9.35. The summed E-state index contributed by atoms with van der Waals surface area (Å²) in [5, 5.41) is 3.65. The molecule has 0 radical (unpaired) electrons. The zero-order chi connectivity index (χ0) is 13.5. The molecule has 1 N–H and O–H groups in total. The number of rotatable bonds is 8. The van der Waals surface area contributed by atoms with Crippen molar-refractivity contribution in [3.63, 3.8) is 0 Å². The monoisotopic (exact) mass is 265 g/mol. The van der Waals surface area contributed by atoms with E-state index in [1.807, 2.05) is 6.26 Å². The lowest BCUT2D eigenvalue weighted by Gasteiger charge is -2.20. The second kappa shape index (κ2) is 7.71. The van der Waals surface area contributed by atoms with Crippen LogP contribution in [-0.4, -0.2) is 19.3 Å². The van der Waals surface area contributed by atoms with Gasteiger partial charge in [0.2, 0.25) is 0 Å². The van der Waals surface area contributed by atoms with E-state index in [-0.39, 0.29) is 0 Å². The fourth-order valence-corrected chi connectivity index (χ4v) is 2.86. The van der Waals surface area contributed by atoms with E-state index in [0.29, 0.717) is 12.1 Å². The summed E-state index contributed by atoms with van der Waals surface area (Å²) in [6.07, 6.45) is 9.16. The largest absolute Gasteiger partial charge is 0.469 e. The molecule has 0 saturated carbocycles. The third-order valence-electron chi connectivity index (χ3n) is 3.92. The molecule has 3 nitrogen and oxygen atoms in total. The van der Waals surface area contributed by atoms with Crippen LogP contribution >= 0.6 is 0 Å². The van der Waals surface area contributed by atoms with Gasteiger partial charge in [0.1, 0.15) is 5.76 Å². The van der Waals surface area contributed by atoms with E-state index < -0.39 is 0 Å². The van der Waals surface area contributed by atoms with Gasteiger partial charge in [0.05, 0.1) is 12.4 Å². The van der Waals surface area contributed by atoms with Crippen molar-refractivity contribution < 1.29 is 9.15 Å². The molecule has 1 aromatic heterocycles. The Balaban J connectivity index is 1.94. The zero-order valence-electron chi connectivity index (χ0n) is 12.3. The van der Waals surface area contributed by atoms with Crippen LogP contribution in [0.25, 0.3) is 0 Å². The molecule has 0 aromatic carbocycles. The molecule has 0 spiro atoms. The van der Waals surface area contributed by atoms with Gasteiger partial charge < -0.3 is 14.5 Å². The van der Waals surface area contributed by atoms with E-state index in [4.69, 9.17) is 9.15 Å². The van der Waals surface area contributed by atoms with E-state index in [1.165, 1.54) is 18.4 Å². The summed E-state index contributed by atoms with van der Waals surface area (Å²) in [6, 6.07) is 2.54. The standard InChI is InChI=1S/C16H27NO2/c1-3-10-17-15(8-7-13-6-5-11-18-13)14-9-12-19-16(14)4-2/h9,12-13,15,17H,3-8,10-11H2,1-2H3. The van der Waals surface area contributed by atoms with Gasteiger partial charge in [-0.2, -0.15) is 0 Å². The third kappa shape index (κ3) is 4.08. The SMILES string of the molecule is CCCNC(CCC1CCCO1)c1ccoc1CC. The first-order valence-electron chi connectivity index (χ1n) is 7.76. The maximum absolute atomic E-state index is 5.73. The van der Waals surface area contributed by atoms with Gasteiger partial charge in [0.25, 0.3) is 0 Å². The predicted molar refractivity (Wildman–Crippen MR) is 77.3 cm³/mol. The number of ether oxygens (including phenoxy) is 1. The van der Waals surface area contributed by atoms with Gasteiger partial charge >= 0.3 is 0 Å². The Morgan fingerprint density at radius 1 is 1.42 bits per heavy atom. The molecule has 1 fully saturated rings. The molecule has 2 heterocycles. The van der Waals surface area contributed by atoms with Crippen LogP contribution < -0.4 is 5.32 Å². The molecule has 1 aliphatic rings. The lowest BCUT2D eigenvalue weighted by Crippen LogP contribution is -2.24. The Labute approximate surface area is 116 Å². The van der Waals surface area contributed by atoms with E-state index in [0.717, 1.165) is 44.6 Å². The van der Waals surface area contributed by atoms with E-state index in [1.54, 1.807) is 0 Å². The third-order valence-corrected chi connectivity index (χ3v) is 3.92. The molecule has 19 heavy (non-hydrogen) atoms. The van der Waals surface area contributed by atoms with Crippen LogP contribution in [-0.2, 0) is 11.2 Å². The molecule has 2 unspecified atom stereocenters. The highest BCUT2D eigenvalue weighted by molar-refractivity contribution is 5.21. The van der Waals surface area contributed by atoms with Gasteiger partial charge in [0.15, 0.2) is 0 Å². The summed E-state index contributed by atoms with van der Waals surface area (Å²) in [5.74, 6) is 1.13. The topological polar surface area (TPSA) is 34.4 Å². The van der Waals surface area contributed by atoms with E-state index in [2.05, 4.69) is 25.2 Å². The first-order valence-corrected chi connectivity index (χ1v) is 7.76. The van der Waals surface area contributed by atoms with Gasteiger partial charge in [-0.3, -0.25) is 0 Å². The zero-order valence-corrected chi connectivity index (χ0v) is 12.3. The number of furan rings is 1. The molecule has 2 atom stereocenters. The summed E-state index contributed by atoms with van der Waals surface area (Å²) in [7, 11) is 0. The molecule has 1 aromatic rings. The molecule has 0 amide bonds. The van der Waals surface area contributed by atoms with Crippen molar-refractivity contribution in [1.82, 2.24) is 5.32 Å². The summed E-state index contributed by atoms with van der Waals surface area (Å²) in [5.41, 5.74) is 1.34. The molecule has 1 aliphatic heterocycles. The highest BCUT2D eigenvalue weighted by atomic mass is 16.5. The molecular weight excluding hydrogens is 238 g/mol. The lowest BCUT2D eigenvalue weighted by atomic mass is 9.98.